The van der Waals surface area contributed by atoms with Crippen LogP contribution in [-0.4, -0.2) is 35.6 Å². The SMILES string of the molecule is Cc1cc(C#CCO)cc(C(=O)N2CCC(C)C(C)C2)c1. The quantitative estimate of drug-likeness (QED) is 0.805. The van der Waals surface area contributed by atoms with Gasteiger partial charge in [0.25, 0.3) is 5.91 Å². The average Bonchev–Trinajstić information content (AvgIpc) is 2.46. The number of benzene rings is 1. The molecular formula is C18H23NO2. The van der Waals surface area contributed by atoms with E-state index in [1.807, 2.05) is 30.0 Å². The van der Waals surface area contributed by atoms with E-state index in [1.165, 1.54) is 0 Å². The second-order valence-electron chi connectivity index (χ2n) is 6.04. The minimum Gasteiger partial charge on any atom is -0.384 e. The normalized spacial score (nSPS) is 21.6. The van der Waals surface area contributed by atoms with Crippen LogP contribution in [0.2, 0.25) is 0 Å². The van der Waals surface area contributed by atoms with Gasteiger partial charge in [-0.05, 0) is 48.9 Å². The number of amides is 1. The summed E-state index contributed by atoms with van der Waals surface area (Å²) in [7, 11) is 0. The Hall–Kier alpha value is -1.79. The molecule has 0 aliphatic carbocycles. The van der Waals surface area contributed by atoms with Crippen molar-refractivity contribution in [1.82, 2.24) is 4.90 Å². The fourth-order valence-corrected chi connectivity index (χ4v) is 2.75. The third-order valence-electron chi connectivity index (χ3n) is 4.26. The number of hydrogen-bond donors (Lipinski definition) is 1. The van der Waals surface area contributed by atoms with Crippen molar-refractivity contribution in [3.05, 3.63) is 34.9 Å². The lowest BCUT2D eigenvalue weighted by Gasteiger charge is -2.35. The van der Waals surface area contributed by atoms with Gasteiger partial charge in [-0.2, -0.15) is 0 Å². The number of likely N-dealkylation sites (tertiary alicyclic amines) is 1. The van der Waals surface area contributed by atoms with Gasteiger partial charge < -0.3 is 10.0 Å². The molecule has 0 saturated carbocycles. The van der Waals surface area contributed by atoms with Crippen molar-refractivity contribution in [3.8, 4) is 11.8 Å². The first-order valence-electron chi connectivity index (χ1n) is 7.52. The van der Waals surface area contributed by atoms with Crippen molar-refractivity contribution in [3.63, 3.8) is 0 Å². The molecule has 21 heavy (non-hydrogen) atoms. The first-order valence-corrected chi connectivity index (χ1v) is 7.52. The summed E-state index contributed by atoms with van der Waals surface area (Å²) in [6, 6.07) is 5.66. The van der Waals surface area contributed by atoms with E-state index in [1.54, 1.807) is 0 Å². The van der Waals surface area contributed by atoms with Gasteiger partial charge >= 0.3 is 0 Å². The molecule has 1 aliphatic rings. The molecule has 2 rings (SSSR count). The second kappa shape index (κ2) is 6.78. The molecule has 1 fully saturated rings. The highest BCUT2D eigenvalue weighted by Gasteiger charge is 2.26. The number of aryl methyl sites for hydroxylation is 1. The number of piperidine rings is 1. The summed E-state index contributed by atoms with van der Waals surface area (Å²) < 4.78 is 0. The molecule has 1 N–H and O–H groups in total. The molecule has 3 nitrogen and oxygen atoms in total. The maximum atomic E-state index is 12.7. The van der Waals surface area contributed by atoms with Crippen LogP contribution in [0.4, 0.5) is 0 Å². The van der Waals surface area contributed by atoms with Crippen LogP contribution in [0.1, 0.15) is 41.8 Å². The predicted octanol–water partition coefficient (Wildman–Crippen LogP) is 2.46. The van der Waals surface area contributed by atoms with Crippen LogP contribution in [0.3, 0.4) is 0 Å². The summed E-state index contributed by atoms with van der Waals surface area (Å²) in [5.41, 5.74) is 2.49. The first kappa shape index (κ1) is 15.6. The molecule has 1 aromatic carbocycles. The van der Waals surface area contributed by atoms with E-state index in [9.17, 15) is 4.79 Å². The monoisotopic (exact) mass is 285 g/mol. The molecule has 1 aromatic rings. The van der Waals surface area contributed by atoms with Crippen molar-refractivity contribution < 1.29 is 9.90 Å². The molecule has 2 atom stereocenters. The number of rotatable bonds is 1. The number of aliphatic hydroxyl groups excluding tert-OH is 1. The summed E-state index contributed by atoms with van der Waals surface area (Å²) in [6.45, 7) is 7.91. The van der Waals surface area contributed by atoms with E-state index in [4.69, 9.17) is 5.11 Å². The molecule has 2 unspecified atom stereocenters. The van der Waals surface area contributed by atoms with Gasteiger partial charge in [0.05, 0.1) is 0 Å². The molecule has 112 valence electrons. The molecule has 0 aromatic heterocycles. The standard InChI is InChI=1S/C18H23NO2/c1-13-9-16(5-4-8-20)11-17(10-13)18(21)19-7-6-14(2)15(3)12-19/h9-11,14-15,20H,6-8,12H2,1-3H3. The lowest BCUT2D eigenvalue weighted by Crippen LogP contribution is -2.42. The first-order chi connectivity index (χ1) is 10.0. The number of carbonyl (C=O) groups is 1. The zero-order valence-electron chi connectivity index (χ0n) is 13.0. The second-order valence-corrected chi connectivity index (χ2v) is 6.04. The van der Waals surface area contributed by atoms with Gasteiger partial charge in [0.15, 0.2) is 0 Å². The van der Waals surface area contributed by atoms with Crippen LogP contribution < -0.4 is 0 Å². The Bertz CT molecular complexity index is 583. The summed E-state index contributed by atoms with van der Waals surface area (Å²) in [6.07, 6.45) is 1.07. The Labute approximate surface area is 127 Å². The smallest absolute Gasteiger partial charge is 0.253 e. The Morgan fingerprint density at radius 1 is 1.33 bits per heavy atom. The van der Waals surface area contributed by atoms with E-state index in [-0.39, 0.29) is 12.5 Å². The third kappa shape index (κ3) is 3.86. The maximum Gasteiger partial charge on any atom is 0.253 e. The molecule has 0 spiro atoms. The van der Waals surface area contributed by atoms with Gasteiger partial charge in [0.1, 0.15) is 6.61 Å². The van der Waals surface area contributed by atoms with Gasteiger partial charge in [0.2, 0.25) is 0 Å². The van der Waals surface area contributed by atoms with Crippen molar-refractivity contribution in [1.29, 1.82) is 0 Å². The highest BCUT2D eigenvalue weighted by molar-refractivity contribution is 5.95. The minimum absolute atomic E-state index is 0.0875. The number of nitrogens with zero attached hydrogens (tertiary/aromatic N) is 1. The lowest BCUT2D eigenvalue weighted by molar-refractivity contribution is 0.0627. The highest BCUT2D eigenvalue weighted by Crippen LogP contribution is 2.24. The lowest BCUT2D eigenvalue weighted by atomic mass is 9.88. The fraction of sp³-hybridized carbons (Fsp3) is 0.500. The van der Waals surface area contributed by atoms with E-state index >= 15 is 0 Å². The van der Waals surface area contributed by atoms with Gasteiger partial charge in [0, 0.05) is 24.2 Å². The zero-order chi connectivity index (χ0) is 15.4. The zero-order valence-corrected chi connectivity index (χ0v) is 13.0. The molecular weight excluding hydrogens is 262 g/mol. The Morgan fingerprint density at radius 2 is 2.10 bits per heavy atom. The summed E-state index contributed by atoms with van der Waals surface area (Å²) >= 11 is 0. The van der Waals surface area contributed by atoms with Crippen LogP contribution in [0, 0.1) is 30.6 Å². The molecule has 1 saturated heterocycles. The third-order valence-corrected chi connectivity index (χ3v) is 4.26. The van der Waals surface area contributed by atoms with Gasteiger partial charge in [-0.25, -0.2) is 0 Å². The van der Waals surface area contributed by atoms with Crippen LogP contribution in [0.15, 0.2) is 18.2 Å². The highest BCUT2D eigenvalue weighted by atomic mass is 16.2. The van der Waals surface area contributed by atoms with Crippen LogP contribution in [0.25, 0.3) is 0 Å². The number of hydrogen-bond acceptors (Lipinski definition) is 2. The summed E-state index contributed by atoms with van der Waals surface area (Å²) in [4.78, 5) is 14.6. The van der Waals surface area contributed by atoms with E-state index in [2.05, 4.69) is 25.7 Å². The van der Waals surface area contributed by atoms with Crippen LogP contribution in [-0.2, 0) is 0 Å². The molecule has 3 heteroatoms. The van der Waals surface area contributed by atoms with Crippen molar-refractivity contribution in [2.24, 2.45) is 11.8 Å². The maximum absolute atomic E-state index is 12.7. The number of carbonyl (C=O) groups excluding carboxylic acids is 1. The van der Waals surface area contributed by atoms with Gasteiger partial charge in [-0.15, -0.1) is 0 Å². The van der Waals surface area contributed by atoms with Gasteiger partial charge in [-0.1, -0.05) is 25.7 Å². The van der Waals surface area contributed by atoms with Crippen molar-refractivity contribution in [2.75, 3.05) is 19.7 Å². The number of aliphatic hydroxyl groups is 1. The summed E-state index contributed by atoms with van der Waals surface area (Å²) in [5.74, 6) is 6.82. The largest absolute Gasteiger partial charge is 0.384 e. The Balaban J connectivity index is 2.21. The van der Waals surface area contributed by atoms with Crippen molar-refractivity contribution in [2.45, 2.75) is 27.2 Å². The molecule has 0 bridgehead atoms. The average molecular weight is 285 g/mol. The van der Waals surface area contributed by atoms with E-state index in [0.29, 0.717) is 17.4 Å². The molecule has 1 amide bonds. The van der Waals surface area contributed by atoms with Crippen molar-refractivity contribution >= 4 is 5.91 Å². The van der Waals surface area contributed by atoms with E-state index < -0.39 is 0 Å². The molecule has 1 aliphatic heterocycles. The fourth-order valence-electron chi connectivity index (χ4n) is 2.75. The Morgan fingerprint density at radius 3 is 2.76 bits per heavy atom. The molecule has 1 heterocycles. The van der Waals surface area contributed by atoms with Gasteiger partial charge in [-0.3, -0.25) is 4.79 Å². The topological polar surface area (TPSA) is 40.5 Å². The van der Waals surface area contributed by atoms with E-state index in [0.717, 1.165) is 30.6 Å². The minimum atomic E-state index is -0.168. The molecule has 0 radical (unpaired) electrons. The summed E-state index contributed by atoms with van der Waals surface area (Å²) in [5, 5.41) is 8.78. The predicted molar refractivity (Wildman–Crippen MR) is 84.0 cm³/mol. The van der Waals surface area contributed by atoms with Crippen LogP contribution in [0.5, 0.6) is 0 Å². The van der Waals surface area contributed by atoms with Crippen LogP contribution >= 0.6 is 0 Å². The Kier molecular flexibility index (Phi) is 5.03.